The van der Waals surface area contributed by atoms with Gasteiger partial charge in [0.2, 0.25) is 0 Å². The maximum absolute atomic E-state index is 10.9. The third kappa shape index (κ3) is 1.36. The van der Waals surface area contributed by atoms with E-state index in [1.165, 1.54) is 0 Å². The van der Waals surface area contributed by atoms with Gasteiger partial charge in [0.1, 0.15) is 6.29 Å². The van der Waals surface area contributed by atoms with Gasteiger partial charge in [-0.25, -0.2) is 0 Å². The van der Waals surface area contributed by atoms with Gasteiger partial charge in [0.15, 0.2) is 0 Å². The molecule has 0 unspecified atom stereocenters. The van der Waals surface area contributed by atoms with Crippen molar-refractivity contribution in [3.63, 3.8) is 0 Å². The van der Waals surface area contributed by atoms with Gasteiger partial charge in [-0.1, -0.05) is 23.7 Å². The normalized spacial score (nSPS) is 19.2. The molecule has 68 valence electrons. The average molecular weight is 197 g/mol. The lowest BCUT2D eigenvalue weighted by Crippen LogP contribution is -2.48. The van der Waals surface area contributed by atoms with Crippen molar-refractivity contribution in [2.45, 2.75) is 5.41 Å². The average Bonchev–Trinajstić information content (AvgIpc) is 2.03. The Bertz CT molecular complexity index is 331. The third-order valence-electron chi connectivity index (χ3n) is 2.34. The van der Waals surface area contributed by atoms with Crippen molar-refractivity contribution >= 4 is 17.9 Å². The molecular formula is C10H9ClO2. The van der Waals surface area contributed by atoms with E-state index >= 15 is 0 Å². The summed E-state index contributed by atoms with van der Waals surface area (Å²) in [5.41, 5.74) is 0.506. The van der Waals surface area contributed by atoms with Gasteiger partial charge in [-0.2, -0.15) is 0 Å². The summed E-state index contributed by atoms with van der Waals surface area (Å²) in [6, 6.07) is 7.37. The second-order valence-electron chi connectivity index (χ2n) is 3.28. The molecule has 1 fully saturated rings. The zero-order valence-electron chi connectivity index (χ0n) is 7.00. The number of hydrogen-bond acceptors (Lipinski definition) is 2. The summed E-state index contributed by atoms with van der Waals surface area (Å²) < 4.78 is 5.05. The molecule has 0 aromatic heterocycles. The molecule has 1 saturated heterocycles. The van der Waals surface area contributed by atoms with Crippen LogP contribution < -0.4 is 0 Å². The fourth-order valence-corrected chi connectivity index (χ4v) is 1.61. The summed E-state index contributed by atoms with van der Waals surface area (Å²) >= 11 is 5.83. The number of rotatable bonds is 2. The highest BCUT2D eigenvalue weighted by Gasteiger charge is 2.40. The zero-order valence-corrected chi connectivity index (χ0v) is 7.75. The Kier molecular flexibility index (Phi) is 2.10. The molecule has 1 aliphatic heterocycles. The van der Waals surface area contributed by atoms with E-state index in [4.69, 9.17) is 16.3 Å². The Balaban J connectivity index is 2.38. The molecule has 2 nitrogen and oxygen atoms in total. The van der Waals surface area contributed by atoms with Crippen LogP contribution in [0.5, 0.6) is 0 Å². The van der Waals surface area contributed by atoms with Crippen LogP contribution in [0.2, 0.25) is 5.02 Å². The van der Waals surface area contributed by atoms with Gasteiger partial charge in [0.25, 0.3) is 0 Å². The third-order valence-corrected chi connectivity index (χ3v) is 2.58. The number of halogens is 1. The summed E-state index contributed by atoms with van der Waals surface area (Å²) in [5, 5.41) is 0.658. The van der Waals surface area contributed by atoms with Crippen LogP contribution in [0.1, 0.15) is 5.56 Å². The first-order valence-electron chi connectivity index (χ1n) is 4.07. The first kappa shape index (κ1) is 8.73. The van der Waals surface area contributed by atoms with Crippen molar-refractivity contribution in [3.8, 4) is 0 Å². The van der Waals surface area contributed by atoms with Crippen molar-refractivity contribution < 1.29 is 9.53 Å². The molecule has 0 saturated carbocycles. The molecular weight excluding hydrogens is 188 g/mol. The Hall–Kier alpha value is -0.860. The Morgan fingerprint density at radius 1 is 1.46 bits per heavy atom. The zero-order chi connectivity index (χ0) is 9.31. The molecule has 1 aromatic carbocycles. The Labute approximate surface area is 81.5 Å². The second-order valence-corrected chi connectivity index (χ2v) is 3.71. The summed E-state index contributed by atoms with van der Waals surface area (Å²) in [6.45, 7) is 0.938. The van der Waals surface area contributed by atoms with Gasteiger partial charge >= 0.3 is 0 Å². The fourth-order valence-electron chi connectivity index (χ4n) is 1.42. The first-order chi connectivity index (χ1) is 6.27. The van der Waals surface area contributed by atoms with Crippen LogP contribution in [-0.2, 0) is 14.9 Å². The van der Waals surface area contributed by atoms with Crippen LogP contribution in [0.4, 0.5) is 0 Å². The summed E-state index contributed by atoms with van der Waals surface area (Å²) in [4.78, 5) is 10.9. The molecule has 1 aromatic rings. The molecule has 0 spiro atoms. The predicted molar refractivity (Wildman–Crippen MR) is 50.0 cm³/mol. The molecule has 1 heterocycles. The van der Waals surface area contributed by atoms with E-state index in [0.29, 0.717) is 18.2 Å². The van der Waals surface area contributed by atoms with Crippen molar-refractivity contribution in [3.05, 3.63) is 34.9 Å². The molecule has 0 atom stereocenters. The molecule has 0 N–H and O–H groups in total. The van der Waals surface area contributed by atoms with Crippen molar-refractivity contribution in [2.24, 2.45) is 0 Å². The topological polar surface area (TPSA) is 26.3 Å². The van der Waals surface area contributed by atoms with E-state index in [0.717, 1.165) is 11.8 Å². The minimum atomic E-state index is -0.440. The molecule has 1 aliphatic rings. The number of aldehydes is 1. The highest BCUT2D eigenvalue weighted by molar-refractivity contribution is 6.30. The maximum atomic E-state index is 10.9. The Morgan fingerprint density at radius 3 is 2.69 bits per heavy atom. The fraction of sp³-hybridized carbons (Fsp3) is 0.300. The van der Waals surface area contributed by atoms with E-state index in [1.54, 1.807) is 6.07 Å². The molecule has 0 radical (unpaired) electrons. The standard InChI is InChI=1S/C10H9ClO2/c11-9-3-1-2-8(4-9)10(5-12)6-13-7-10/h1-5H,6-7H2. The molecule has 13 heavy (non-hydrogen) atoms. The van der Waals surface area contributed by atoms with Gasteiger partial charge < -0.3 is 9.53 Å². The second kappa shape index (κ2) is 3.13. The molecule has 0 amide bonds. The highest BCUT2D eigenvalue weighted by atomic mass is 35.5. The summed E-state index contributed by atoms with van der Waals surface area (Å²) in [5.74, 6) is 0. The van der Waals surface area contributed by atoms with Gasteiger partial charge in [-0.05, 0) is 17.7 Å². The smallest absolute Gasteiger partial charge is 0.135 e. The van der Waals surface area contributed by atoms with Crippen LogP contribution in [0.15, 0.2) is 24.3 Å². The lowest BCUT2D eigenvalue weighted by molar-refractivity contribution is -0.129. The van der Waals surface area contributed by atoms with Crippen LogP contribution in [0.3, 0.4) is 0 Å². The van der Waals surface area contributed by atoms with Crippen LogP contribution in [0, 0.1) is 0 Å². The monoisotopic (exact) mass is 196 g/mol. The lowest BCUT2D eigenvalue weighted by Gasteiger charge is -2.36. The van der Waals surface area contributed by atoms with Gasteiger partial charge in [0, 0.05) is 5.02 Å². The highest BCUT2D eigenvalue weighted by Crippen LogP contribution is 2.31. The van der Waals surface area contributed by atoms with E-state index in [-0.39, 0.29) is 0 Å². The van der Waals surface area contributed by atoms with E-state index in [2.05, 4.69) is 0 Å². The van der Waals surface area contributed by atoms with Gasteiger partial charge in [-0.15, -0.1) is 0 Å². The SMILES string of the molecule is O=CC1(c2cccc(Cl)c2)COC1. The molecule has 2 rings (SSSR count). The van der Waals surface area contributed by atoms with Crippen LogP contribution in [-0.4, -0.2) is 19.5 Å². The summed E-state index contributed by atoms with van der Waals surface area (Å²) in [6.07, 6.45) is 0.947. The predicted octanol–water partition coefficient (Wildman–Crippen LogP) is 1.81. The first-order valence-corrected chi connectivity index (χ1v) is 4.45. The van der Waals surface area contributed by atoms with E-state index < -0.39 is 5.41 Å². The van der Waals surface area contributed by atoms with Crippen LogP contribution in [0.25, 0.3) is 0 Å². The largest absolute Gasteiger partial charge is 0.379 e. The van der Waals surface area contributed by atoms with E-state index in [1.807, 2.05) is 18.2 Å². The molecule has 0 aliphatic carbocycles. The van der Waals surface area contributed by atoms with Crippen molar-refractivity contribution in [1.29, 1.82) is 0 Å². The lowest BCUT2D eigenvalue weighted by atomic mass is 9.80. The number of hydrogen-bond donors (Lipinski definition) is 0. The minimum absolute atomic E-state index is 0.440. The number of ether oxygens (including phenoxy) is 1. The minimum Gasteiger partial charge on any atom is -0.379 e. The summed E-state index contributed by atoms with van der Waals surface area (Å²) in [7, 11) is 0. The van der Waals surface area contributed by atoms with Crippen molar-refractivity contribution in [2.75, 3.05) is 13.2 Å². The van der Waals surface area contributed by atoms with Crippen molar-refractivity contribution in [1.82, 2.24) is 0 Å². The van der Waals surface area contributed by atoms with Crippen LogP contribution >= 0.6 is 11.6 Å². The molecule has 0 bridgehead atoms. The van der Waals surface area contributed by atoms with Gasteiger partial charge in [-0.3, -0.25) is 0 Å². The van der Waals surface area contributed by atoms with E-state index in [9.17, 15) is 4.79 Å². The van der Waals surface area contributed by atoms with Gasteiger partial charge in [0.05, 0.1) is 18.6 Å². The molecule has 3 heteroatoms. The number of carbonyl (C=O) groups is 1. The quantitative estimate of drug-likeness (QED) is 0.675. The Morgan fingerprint density at radius 2 is 2.23 bits per heavy atom. The maximum Gasteiger partial charge on any atom is 0.135 e. The number of carbonyl (C=O) groups excluding carboxylic acids is 1. The number of benzene rings is 1.